The van der Waals surface area contributed by atoms with Crippen LogP contribution in [0, 0.1) is 0 Å². The van der Waals surface area contributed by atoms with Gasteiger partial charge in [0.15, 0.2) is 0 Å². The Balaban J connectivity index is 2.65. The Hall–Kier alpha value is -2.31. The maximum absolute atomic E-state index is 11.9. The molecule has 0 aliphatic rings. The SMILES string of the molecule is CN(CCN(C)c1ncccc1C(N)=O)C(=O)OC(C)(C)C. The fourth-order valence-corrected chi connectivity index (χ4v) is 1.73. The van der Waals surface area contributed by atoms with Gasteiger partial charge in [0.1, 0.15) is 11.4 Å². The summed E-state index contributed by atoms with van der Waals surface area (Å²) in [4.78, 5) is 30.7. The maximum Gasteiger partial charge on any atom is 0.410 e. The number of anilines is 1. The maximum atomic E-state index is 11.9. The Morgan fingerprint density at radius 2 is 1.91 bits per heavy atom. The Bertz CT molecular complexity index is 540. The van der Waals surface area contributed by atoms with Crippen molar-refractivity contribution in [2.24, 2.45) is 5.73 Å². The fraction of sp³-hybridized carbons (Fsp3) is 0.533. The molecule has 1 heterocycles. The molecule has 0 aromatic carbocycles. The zero-order valence-corrected chi connectivity index (χ0v) is 13.8. The summed E-state index contributed by atoms with van der Waals surface area (Å²) in [7, 11) is 3.45. The van der Waals surface area contributed by atoms with Crippen LogP contribution < -0.4 is 10.6 Å². The number of ether oxygens (including phenoxy) is 1. The van der Waals surface area contributed by atoms with Crippen LogP contribution in [0.25, 0.3) is 0 Å². The zero-order valence-electron chi connectivity index (χ0n) is 13.8. The average molecular weight is 308 g/mol. The standard InChI is InChI=1S/C15H24N4O3/c1-15(2,3)22-14(21)19(5)10-9-18(4)13-11(12(16)20)7-6-8-17-13/h6-8H,9-10H2,1-5H3,(H2,16,20). The molecule has 2 N–H and O–H groups in total. The number of nitrogens with two attached hydrogens (primary N) is 1. The van der Waals surface area contributed by atoms with E-state index < -0.39 is 17.6 Å². The van der Waals surface area contributed by atoms with E-state index in [-0.39, 0.29) is 0 Å². The number of pyridine rings is 1. The average Bonchev–Trinajstić information content (AvgIpc) is 2.42. The van der Waals surface area contributed by atoms with Crippen LogP contribution in [0.2, 0.25) is 0 Å². The number of likely N-dealkylation sites (N-methyl/N-ethyl adjacent to an activating group) is 2. The van der Waals surface area contributed by atoms with Gasteiger partial charge in [-0.3, -0.25) is 4.79 Å². The Morgan fingerprint density at radius 3 is 2.45 bits per heavy atom. The van der Waals surface area contributed by atoms with Crippen LogP contribution in [0.4, 0.5) is 10.6 Å². The van der Waals surface area contributed by atoms with E-state index in [4.69, 9.17) is 10.5 Å². The number of aromatic nitrogens is 1. The molecule has 0 fully saturated rings. The third kappa shape index (κ3) is 5.23. The lowest BCUT2D eigenvalue weighted by Crippen LogP contribution is -2.39. The zero-order chi connectivity index (χ0) is 16.9. The molecule has 1 aromatic heterocycles. The van der Waals surface area contributed by atoms with Crippen molar-refractivity contribution < 1.29 is 14.3 Å². The second-order valence-corrected chi connectivity index (χ2v) is 6.06. The van der Waals surface area contributed by atoms with Crippen LogP contribution in [0.15, 0.2) is 18.3 Å². The molecule has 0 aliphatic carbocycles. The van der Waals surface area contributed by atoms with Gasteiger partial charge in [0.25, 0.3) is 5.91 Å². The summed E-state index contributed by atoms with van der Waals surface area (Å²) in [6.45, 7) is 6.38. The van der Waals surface area contributed by atoms with Crippen molar-refractivity contribution in [3.8, 4) is 0 Å². The van der Waals surface area contributed by atoms with Crippen LogP contribution in [-0.4, -0.2) is 54.7 Å². The van der Waals surface area contributed by atoms with Crippen LogP contribution in [0.5, 0.6) is 0 Å². The fourth-order valence-electron chi connectivity index (χ4n) is 1.73. The molecule has 0 radical (unpaired) electrons. The highest BCUT2D eigenvalue weighted by atomic mass is 16.6. The molecule has 1 rings (SSSR count). The Labute approximate surface area is 131 Å². The first-order valence-electron chi connectivity index (χ1n) is 7.02. The van der Waals surface area contributed by atoms with Crippen LogP contribution in [0.1, 0.15) is 31.1 Å². The number of primary amides is 1. The second kappa shape index (κ2) is 7.11. The molecule has 0 atom stereocenters. The number of carbonyl (C=O) groups excluding carboxylic acids is 2. The summed E-state index contributed by atoms with van der Waals surface area (Å²) < 4.78 is 5.28. The molecule has 0 spiro atoms. The van der Waals surface area contributed by atoms with E-state index in [0.717, 1.165) is 0 Å². The number of nitrogens with zero attached hydrogens (tertiary/aromatic N) is 3. The van der Waals surface area contributed by atoms with Crippen molar-refractivity contribution in [2.45, 2.75) is 26.4 Å². The van der Waals surface area contributed by atoms with Gasteiger partial charge in [-0.15, -0.1) is 0 Å². The van der Waals surface area contributed by atoms with Gasteiger partial charge in [-0.1, -0.05) is 0 Å². The highest BCUT2D eigenvalue weighted by Gasteiger charge is 2.20. The normalized spacial score (nSPS) is 11.0. The predicted octanol–water partition coefficient (Wildman–Crippen LogP) is 1.48. The Kier molecular flexibility index (Phi) is 5.73. The molecule has 2 amide bonds. The molecule has 0 saturated heterocycles. The summed E-state index contributed by atoms with van der Waals surface area (Å²) in [6.07, 6.45) is 1.20. The lowest BCUT2D eigenvalue weighted by atomic mass is 10.2. The molecular formula is C15H24N4O3. The lowest BCUT2D eigenvalue weighted by molar-refractivity contribution is 0.0303. The second-order valence-electron chi connectivity index (χ2n) is 6.06. The van der Waals surface area contributed by atoms with Crippen molar-refractivity contribution in [1.82, 2.24) is 9.88 Å². The predicted molar refractivity (Wildman–Crippen MR) is 84.9 cm³/mol. The van der Waals surface area contributed by atoms with Gasteiger partial charge in [-0.25, -0.2) is 9.78 Å². The minimum Gasteiger partial charge on any atom is -0.444 e. The number of amides is 2. The smallest absolute Gasteiger partial charge is 0.410 e. The van der Waals surface area contributed by atoms with Crippen molar-refractivity contribution in [1.29, 1.82) is 0 Å². The van der Waals surface area contributed by atoms with Gasteiger partial charge in [0.05, 0.1) is 5.56 Å². The van der Waals surface area contributed by atoms with Gasteiger partial charge < -0.3 is 20.3 Å². The van der Waals surface area contributed by atoms with E-state index in [1.54, 1.807) is 37.3 Å². The van der Waals surface area contributed by atoms with E-state index in [9.17, 15) is 9.59 Å². The van der Waals surface area contributed by atoms with E-state index in [1.165, 1.54) is 4.90 Å². The summed E-state index contributed by atoms with van der Waals surface area (Å²) >= 11 is 0. The number of hydrogen-bond donors (Lipinski definition) is 1. The highest BCUT2D eigenvalue weighted by Crippen LogP contribution is 2.15. The quantitative estimate of drug-likeness (QED) is 0.890. The highest BCUT2D eigenvalue weighted by molar-refractivity contribution is 5.97. The third-order valence-electron chi connectivity index (χ3n) is 2.89. The molecule has 7 heteroatoms. The van der Waals surface area contributed by atoms with Gasteiger partial charge in [-0.2, -0.15) is 0 Å². The summed E-state index contributed by atoms with van der Waals surface area (Å²) in [5, 5.41) is 0. The molecule has 0 saturated carbocycles. The summed E-state index contributed by atoms with van der Waals surface area (Å²) in [5.41, 5.74) is 5.16. The lowest BCUT2D eigenvalue weighted by Gasteiger charge is -2.27. The van der Waals surface area contributed by atoms with Crippen LogP contribution in [0.3, 0.4) is 0 Å². The largest absolute Gasteiger partial charge is 0.444 e. The molecule has 0 unspecified atom stereocenters. The van der Waals surface area contributed by atoms with Gasteiger partial charge in [0.2, 0.25) is 0 Å². The third-order valence-corrected chi connectivity index (χ3v) is 2.89. The minimum atomic E-state index is -0.532. The van der Waals surface area contributed by atoms with Crippen molar-refractivity contribution in [2.75, 3.05) is 32.1 Å². The first-order chi connectivity index (χ1) is 10.1. The number of rotatable bonds is 5. The molecule has 0 aliphatic heterocycles. The van der Waals surface area contributed by atoms with Crippen LogP contribution >= 0.6 is 0 Å². The summed E-state index contributed by atoms with van der Waals surface area (Å²) in [6, 6.07) is 3.28. The van der Waals surface area contributed by atoms with Gasteiger partial charge >= 0.3 is 6.09 Å². The van der Waals surface area contributed by atoms with Crippen molar-refractivity contribution in [3.05, 3.63) is 23.9 Å². The van der Waals surface area contributed by atoms with Crippen LogP contribution in [-0.2, 0) is 4.74 Å². The van der Waals surface area contributed by atoms with Gasteiger partial charge in [0, 0.05) is 33.4 Å². The number of carbonyl (C=O) groups is 2. The monoisotopic (exact) mass is 308 g/mol. The van der Waals surface area contributed by atoms with Crippen molar-refractivity contribution in [3.63, 3.8) is 0 Å². The number of hydrogen-bond acceptors (Lipinski definition) is 5. The first kappa shape index (κ1) is 17.7. The van der Waals surface area contributed by atoms with Gasteiger partial charge in [-0.05, 0) is 32.9 Å². The molecule has 22 heavy (non-hydrogen) atoms. The van der Waals surface area contributed by atoms with E-state index in [0.29, 0.717) is 24.5 Å². The topological polar surface area (TPSA) is 88.8 Å². The van der Waals surface area contributed by atoms with E-state index in [1.807, 2.05) is 20.8 Å². The molecule has 7 nitrogen and oxygen atoms in total. The molecule has 0 bridgehead atoms. The Morgan fingerprint density at radius 1 is 1.27 bits per heavy atom. The molecular weight excluding hydrogens is 284 g/mol. The molecule has 1 aromatic rings. The van der Waals surface area contributed by atoms with E-state index in [2.05, 4.69) is 4.98 Å². The minimum absolute atomic E-state index is 0.352. The van der Waals surface area contributed by atoms with Crippen molar-refractivity contribution >= 4 is 17.8 Å². The van der Waals surface area contributed by atoms with E-state index >= 15 is 0 Å². The molecule has 122 valence electrons. The summed E-state index contributed by atoms with van der Waals surface area (Å²) in [5.74, 6) is -0.0389. The first-order valence-corrected chi connectivity index (χ1v) is 7.02.